The van der Waals surface area contributed by atoms with Crippen molar-refractivity contribution in [2.45, 2.75) is 18.6 Å². The van der Waals surface area contributed by atoms with Crippen LogP contribution in [0.2, 0.25) is 5.02 Å². The van der Waals surface area contributed by atoms with Crippen LogP contribution in [0.5, 0.6) is 0 Å². The van der Waals surface area contributed by atoms with E-state index in [1.165, 1.54) is 0 Å². The van der Waals surface area contributed by atoms with E-state index in [2.05, 4.69) is 21.4 Å². The summed E-state index contributed by atoms with van der Waals surface area (Å²) in [6.45, 7) is 0. The molecule has 1 aromatic carbocycles. The molecule has 96 valence electrons. The highest BCUT2D eigenvalue weighted by Crippen LogP contribution is 2.22. The van der Waals surface area contributed by atoms with Crippen LogP contribution >= 0.6 is 11.6 Å². The van der Waals surface area contributed by atoms with Crippen LogP contribution in [0.1, 0.15) is 18.0 Å². The molecular formula is C12H11ClN6. The lowest BCUT2D eigenvalue weighted by atomic mass is 10.1. The second-order valence-corrected chi connectivity index (χ2v) is 4.43. The van der Waals surface area contributed by atoms with Gasteiger partial charge >= 0.3 is 0 Å². The van der Waals surface area contributed by atoms with Gasteiger partial charge in [0.1, 0.15) is 18.3 Å². The zero-order valence-corrected chi connectivity index (χ0v) is 10.6. The van der Waals surface area contributed by atoms with E-state index >= 15 is 0 Å². The molecule has 0 amide bonds. The predicted molar refractivity (Wildman–Crippen MR) is 70.7 cm³/mol. The Balaban J connectivity index is 1.94. The molecule has 3 N–H and O–H groups in total. The minimum Gasteiger partial charge on any atom is -0.289 e. The van der Waals surface area contributed by atoms with Crippen molar-refractivity contribution in [2.75, 3.05) is 0 Å². The van der Waals surface area contributed by atoms with Gasteiger partial charge in [0.25, 0.3) is 0 Å². The molecule has 1 saturated heterocycles. The van der Waals surface area contributed by atoms with E-state index in [-0.39, 0.29) is 17.9 Å². The topological polar surface area (TPSA) is 96.0 Å². The van der Waals surface area contributed by atoms with E-state index in [0.29, 0.717) is 5.02 Å². The largest absolute Gasteiger partial charge is 0.289 e. The Hall–Kier alpha value is -2.12. The van der Waals surface area contributed by atoms with E-state index in [1.807, 2.05) is 24.3 Å². The number of nitriles is 2. The highest BCUT2D eigenvalue weighted by Gasteiger charge is 2.24. The van der Waals surface area contributed by atoms with Crippen molar-refractivity contribution >= 4 is 17.3 Å². The highest BCUT2D eigenvalue weighted by molar-refractivity contribution is 6.30. The first-order chi connectivity index (χ1) is 9.22. The fraction of sp³-hybridized carbons (Fsp3) is 0.250. The number of halogens is 1. The van der Waals surface area contributed by atoms with Crippen molar-refractivity contribution in [1.29, 1.82) is 10.5 Å². The van der Waals surface area contributed by atoms with Gasteiger partial charge in [0.15, 0.2) is 0 Å². The first kappa shape index (κ1) is 13.3. The number of nitrogens with zero attached hydrogens (tertiary/aromatic N) is 3. The molecule has 0 aliphatic carbocycles. The van der Waals surface area contributed by atoms with Gasteiger partial charge in [-0.25, -0.2) is 10.9 Å². The molecule has 19 heavy (non-hydrogen) atoms. The Morgan fingerprint density at radius 1 is 1.26 bits per heavy atom. The maximum absolute atomic E-state index is 8.56. The molecule has 1 aromatic rings. The normalized spacial score (nSPS) is 21.2. The first-order valence-electron chi connectivity index (χ1n) is 5.63. The van der Waals surface area contributed by atoms with Crippen molar-refractivity contribution in [3.63, 3.8) is 0 Å². The molecule has 1 aliphatic heterocycles. The second-order valence-electron chi connectivity index (χ2n) is 3.99. The van der Waals surface area contributed by atoms with Gasteiger partial charge in [0.2, 0.25) is 5.71 Å². The summed E-state index contributed by atoms with van der Waals surface area (Å²) in [6, 6.07) is 11.1. The Morgan fingerprint density at radius 3 is 2.58 bits per heavy atom. The summed E-state index contributed by atoms with van der Waals surface area (Å²) >= 11 is 5.84. The molecule has 0 saturated carbocycles. The summed E-state index contributed by atoms with van der Waals surface area (Å²) in [6.07, 6.45) is 0.590. The molecule has 0 bridgehead atoms. The third kappa shape index (κ3) is 3.43. The molecule has 2 atom stereocenters. The molecule has 1 heterocycles. The molecular weight excluding hydrogens is 264 g/mol. The number of hydrogen-bond acceptors (Lipinski definition) is 6. The SMILES string of the molecule is N#CC(C#N)=NNC1CC(c2ccc(Cl)cc2)NN1. The quantitative estimate of drug-likeness (QED) is 0.568. The lowest BCUT2D eigenvalue weighted by Crippen LogP contribution is -2.39. The number of benzene rings is 1. The van der Waals surface area contributed by atoms with Crippen LogP contribution in [0.4, 0.5) is 0 Å². The van der Waals surface area contributed by atoms with Crippen LogP contribution in [0, 0.1) is 22.7 Å². The summed E-state index contributed by atoms with van der Waals surface area (Å²) in [5.41, 5.74) is 9.76. The van der Waals surface area contributed by atoms with Crippen LogP contribution < -0.4 is 16.3 Å². The highest BCUT2D eigenvalue weighted by atomic mass is 35.5. The van der Waals surface area contributed by atoms with Gasteiger partial charge in [-0.3, -0.25) is 5.43 Å². The Labute approximate surface area is 115 Å². The fourth-order valence-electron chi connectivity index (χ4n) is 1.77. The summed E-state index contributed by atoms with van der Waals surface area (Å²) in [5, 5.41) is 21.5. The molecule has 2 unspecified atom stereocenters. The number of rotatable bonds is 3. The molecule has 1 fully saturated rings. The maximum atomic E-state index is 8.56. The van der Waals surface area contributed by atoms with Crippen molar-refractivity contribution in [2.24, 2.45) is 5.10 Å². The lowest BCUT2D eigenvalue weighted by molar-refractivity contribution is 0.472. The van der Waals surface area contributed by atoms with Gasteiger partial charge in [-0.1, -0.05) is 23.7 Å². The van der Waals surface area contributed by atoms with Crippen molar-refractivity contribution in [1.82, 2.24) is 16.3 Å². The van der Waals surface area contributed by atoms with Crippen LogP contribution in [0.3, 0.4) is 0 Å². The van der Waals surface area contributed by atoms with Crippen molar-refractivity contribution < 1.29 is 0 Å². The molecule has 0 spiro atoms. The predicted octanol–water partition coefficient (Wildman–Crippen LogP) is 1.20. The minimum absolute atomic E-state index is 0.123. The average molecular weight is 275 g/mol. The average Bonchev–Trinajstić information content (AvgIpc) is 2.89. The third-order valence-electron chi connectivity index (χ3n) is 2.72. The van der Waals surface area contributed by atoms with Gasteiger partial charge in [0.05, 0.1) is 0 Å². The number of hydrogen-bond donors (Lipinski definition) is 3. The first-order valence-corrected chi connectivity index (χ1v) is 6.00. The van der Waals surface area contributed by atoms with Gasteiger partial charge in [-0.05, 0) is 17.7 Å². The van der Waals surface area contributed by atoms with Crippen LogP contribution in [-0.4, -0.2) is 11.9 Å². The zero-order valence-electron chi connectivity index (χ0n) is 9.89. The Bertz CT molecular complexity index is 537. The third-order valence-corrected chi connectivity index (χ3v) is 2.97. The standard InChI is InChI=1S/C12H11ClN6/c13-9-3-1-8(2-4-9)11-5-12(19-17-11)18-16-10(6-14)7-15/h1-4,11-12,17-19H,5H2. The van der Waals surface area contributed by atoms with Gasteiger partial charge in [-0.2, -0.15) is 15.6 Å². The minimum atomic E-state index is -0.197. The van der Waals surface area contributed by atoms with Gasteiger partial charge < -0.3 is 0 Å². The Kier molecular flexibility index (Phi) is 4.32. The van der Waals surface area contributed by atoms with E-state index in [4.69, 9.17) is 22.1 Å². The molecule has 2 rings (SSSR count). The summed E-state index contributed by atoms with van der Waals surface area (Å²) in [5.74, 6) is 0. The zero-order chi connectivity index (χ0) is 13.7. The number of hydrazine groups is 1. The number of nitrogens with one attached hydrogen (secondary N) is 3. The second kappa shape index (κ2) is 6.17. The maximum Gasteiger partial charge on any atom is 0.236 e. The van der Waals surface area contributed by atoms with E-state index in [9.17, 15) is 0 Å². The fourth-order valence-corrected chi connectivity index (χ4v) is 1.90. The smallest absolute Gasteiger partial charge is 0.236 e. The molecule has 0 aromatic heterocycles. The molecule has 6 nitrogen and oxygen atoms in total. The molecule has 7 heteroatoms. The van der Waals surface area contributed by atoms with Crippen LogP contribution in [0.25, 0.3) is 0 Å². The Morgan fingerprint density at radius 2 is 1.95 bits per heavy atom. The monoisotopic (exact) mass is 274 g/mol. The van der Waals surface area contributed by atoms with E-state index in [0.717, 1.165) is 12.0 Å². The van der Waals surface area contributed by atoms with E-state index < -0.39 is 0 Å². The molecule has 1 aliphatic rings. The summed E-state index contributed by atoms with van der Waals surface area (Å²) in [7, 11) is 0. The van der Waals surface area contributed by atoms with Crippen molar-refractivity contribution in [3.8, 4) is 12.1 Å². The summed E-state index contributed by atoms with van der Waals surface area (Å²) in [4.78, 5) is 0. The number of hydrazone groups is 1. The van der Waals surface area contributed by atoms with Crippen LogP contribution in [0.15, 0.2) is 29.4 Å². The van der Waals surface area contributed by atoms with E-state index in [1.54, 1.807) is 12.1 Å². The van der Waals surface area contributed by atoms with Gasteiger partial charge in [-0.15, -0.1) is 0 Å². The van der Waals surface area contributed by atoms with Gasteiger partial charge in [0, 0.05) is 17.5 Å². The summed E-state index contributed by atoms with van der Waals surface area (Å²) < 4.78 is 0. The lowest BCUT2D eigenvalue weighted by Gasteiger charge is -2.09. The molecule has 0 radical (unpaired) electrons. The van der Waals surface area contributed by atoms with Crippen molar-refractivity contribution in [3.05, 3.63) is 34.9 Å². The van der Waals surface area contributed by atoms with Crippen LogP contribution in [-0.2, 0) is 0 Å².